The highest BCUT2D eigenvalue weighted by Crippen LogP contribution is 2.45. The van der Waals surface area contributed by atoms with Crippen LogP contribution in [-0.2, 0) is 6.54 Å². The van der Waals surface area contributed by atoms with Crippen molar-refractivity contribution in [3.63, 3.8) is 0 Å². The topological polar surface area (TPSA) is 41.6 Å². The van der Waals surface area contributed by atoms with E-state index in [1.807, 2.05) is 11.3 Å². The third-order valence-corrected chi connectivity index (χ3v) is 5.95. The van der Waals surface area contributed by atoms with Gasteiger partial charge in [0.2, 0.25) is 0 Å². The molecule has 1 fully saturated rings. The minimum atomic E-state index is 0.181. The molecule has 1 saturated carbocycles. The Bertz CT molecular complexity index is 480. The molecule has 4 heteroatoms. The van der Waals surface area contributed by atoms with Gasteiger partial charge in [-0.15, -0.1) is 11.3 Å². The molecule has 1 aliphatic heterocycles. The molecule has 2 N–H and O–H groups in total. The Kier molecular flexibility index (Phi) is 3.76. The number of thiophene rings is 1. The van der Waals surface area contributed by atoms with Gasteiger partial charge >= 0.3 is 0 Å². The summed E-state index contributed by atoms with van der Waals surface area (Å²) >= 11 is 1.82. The maximum absolute atomic E-state index is 6.24. The van der Waals surface area contributed by atoms with Gasteiger partial charge in [0.1, 0.15) is 0 Å². The summed E-state index contributed by atoms with van der Waals surface area (Å²) in [6.07, 6.45) is 5.23. The van der Waals surface area contributed by atoms with Crippen molar-refractivity contribution in [1.29, 1.82) is 0 Å². The third kappa shape index (κ3) is 2.24. The van der Waals surface area contributed by atoms with Gasteiger partial charge in [0, 0.05) is 4.88 Å². The van der Waals surface area contributed by atoms with Gasteiger partial charge in [-0.1, -0.05) is 32.8 Å². The fourth-order valence-electron chi connectivity index (χ4n) is 4.15. The van der Waals surface area contributed by atoms with Crippen LogP contribution in [0.2, 0.25) is 0 Å². The van der Waals surface area contributed by atoms with Gasteiger partial charge in [-0.25, -0.2) is 0 Å². The number of hydrogen-bond donors (Lipinski definition) is 1. The summed E-state index contributed by atoms with van der Waals surface area (Å²) in [5, 5.41) is 2.15. The lowest BCUT2D eigenvalue weighted by molar-refractivity contribution is 0.0409. The Hall–Kier alpha value is -1.03. The standard InChI is InChI=1S/C16H25N3S/c1-12(2)14-7-3-4-8-16(14)11-18-15(17)19(16)10-13-6-5-9-20-13/h5-6,9,12,14H,3-4,7-8,10-11H2,1-2H3,(H2,17,18). The SMILES string of the molecule is CC(C)C1CCCCC12CN=C(N)N2Cc1cccs1. The van der Waals surface area contributed by atoms with E-state index in [0.29, 0.717) is 11.8 Å². The summed E-state index contributed by atoms with van der Waals surface area (Å²) in [5.41, 5.74) is 6.43. The smallest absolute Gasteiger partial charge is 0.192 e. The molecule has 1 aliphatic carbocycles. The lowest BCUT2D eigenvalue weighted by atomic mass is 9.67. The summed E-state index contributed by atoms with van der Waals surface area (Å²) < 4.78 is 0. The number of hydrogen-bond acceptors (Lipinski definition) is 4. The van der Waals surface area contributed by atoms with Crippen molar-refractivity contribution >= 4 is 17.3 Å². The Morgan fingerprint density at radius 3 is 3.05 bits per heavy atom. The van der Waals surface area contributed by atoms with Gasteiger partial charge in [-0.2, -0.15) is 0 Å². The van der Waals surface area contributed by atoms with Crippen molar-refractivity contribution < 1.29 is 0 Å². The van der Waals surface area contributed by atoms with E-state index >= 15 is 0 Å². The van der Waals surface area contributed by atoms with E-state index in [2.05, 4.69) is 41.3 Å². The second kappa shape index (κ2) is 5.40. The Morgan fingerprint density at radius 1 is 1.50 bits per heavy atom. The second-order valence-corrected chi connectivity index (χ2v) is 7.57. The number of nitrogens with two attached hydrogens (primary N) is 1. The molecule has 0 bridgehead atoms. The van der Waals surface area contributed by atoms with Crippen molar-refractivity contribution in [3.8, 4) is 0 Å². The predicted octanol–water partition coefficient (Wildman–Crippen LogP) is 3.46. The molecular weight excluding hydrogens is 266 g/mol. The van der Waals surface area contributed by atoms with Crippen LogP contribution < -0.4 is 5.73 Å². The summed E-state index contributed by atoms with van der Waals surface area (Å²) in [7, 11) is 0. The molecule has 2 unspecified atom stereocenters. The van der Waals surface area contributed by atoms with Crippen molar-refractivity contribution in [2.45, 2.75) is 51.6 Å². The second-order valence-electron chi connectivity index (χ2n) is 6.54. The Labute approximate surface area is 125 Å². The molecule has 3 rings (SSSR count). The normalized spacial score (nSPS) is 30.2. The maximum Gasteiger partial charge on any atom is 0.192 e. The third-order valence-electron chi connectivity index (χ3n) is 5.09. The summed E-state index contributed by atoms with van der Waals surface area (Å²) in [6.45, 7) is 6.54. The largest absolute Gasteiger partial charge is 0.370 e. The molecule has 3 nitrogen and oxygen atoms in total. The lowest BCUT2D eigenvalue weighted by Crippen LogP contribution is -2.58. The zero-order valence-electron chi connectivity index (χ0n) is 12.5. The van der Waals surface area contributed by atoms with Crippen LogP contribution in [-0.4, -0.2) is 22.9 Å². The Balaban J connectivity index is 1.89. The molecule has 2 atom stereocenters. The van der Waals surface area contributed by atoms with Crippen LogP contribution in [0.4, 0.5) is 0 Å². The highest BCUT2D eigenvalue weighted by Gasteiger charge is 2.50. The van der Waals surface area contributed by atoms with Crippen LogP contribution in [0, 0.1) is 11.8 Å². The molecule has 110 valence electrons. The Morgan fingerprint density at radius 2 is 2.35 bits per heavy atom. The molecule has 0 saturated heterocycles. The quantitative estimate of drug-likeness (QED) is 0.926. The number of rotatable bonds is 3. The van der Waals surface area contributed by atoms with Crippen LogP contribution in [0.15, 0.2) is 22.5 Å². The first kappa shape index (κ1) is 13.9. The minimum Gasteiger partial charge on any atom is -0.370 e. The van der Waals surface area contributed by atoms with Crippen LogP contribution in [0.5, 0.6) is 0 Å². The van der Waals surface area contributed by atoms with Crippen molar-refractivity contribution in [2.24, 2.45) is 22.6 Å². The van der Waals surface area contributed by atoms with Crippen LogP contribution in [0.1, 0.15) is 44.4 Å². The van der Waals surface area contributed by atoms with Gasteiger partial charge < -0.3 is 10.6 Å². The molecule has 0 radical (unpaired) electrons. The summed E-state index contributed by atoms with van der Waals surface area (Å²) in [4.78, 5) is 8.44. The van der Waals surface area contributed by atoms with Crippen LogP contribution in [0.3, 0.4) is 0 Å². The zero-order chi connectivity index (χ0) is 14.2. The van der Waals surface area contributed by atoms with E-state index in [-0.39, 0.29) is 5.54 Å². The van der Waals surface area contributed by atoms with E-state index in [1.54, 1.807) is 0 Å². The minimum absolute atomic E-state index is 0.181. The maximum atomic E-state index is 6.24. The van der Waals surface area contributed by atoms with E-state index in [1.165, 1.54) is 30.6 Å². The first-order chi connectivity index (χ1) is 9.63. The highest BCUT2D eigenvalue weighted by atomic mass is 32.1. The van der Waals surface area contributed by atoms with Crippen LogP contribution in [0.25, 0.3) is 0 Å². The highest BCUT2D eigenvalue weighted by molar-refractivity contribution is 7.09. The summed E-state index contributed by atoms with van der Waals surface area (Å²) in [5.74, 6) is 2.16. The summed E-state index contributed by atoms with van der Waals surface area (Å²) in [6, 6.07) is 4.33. The zero-order valence-corrected chi connectivity index (χ0v) is 13.3. The molecule has 2 heterocycles. The molecule has 1 aromatic rings. The average Bonchev–Trinajstić information content (AvgIpc) is 3.04. The number of aliphatic imine (C=N–C) groups is 1. The van der Waals surface area contributed by atoms with Gasteiger partial charge in [0.15, 0.2) is 5.96 Å². The van der Waals surface area contributed by atoms with Crippen molar-refractivity contribution in [2.75, 3.05) is 6.54 Å². The van der Waals surface area contributed by atoms with Gasteiger partial charge in [0.05, 0.1) is 18.6 Å². The molecular formula is C16H25N3S. The van der Waals surface area contributed by atoms with Gasteiger partial charge in [0.25, 0.3) is 0 Å². The monoisotopic (exact) mass is 291 g/mol. The molecule has 1 spiro atoms. The first-order valence-corrected chi connectivity index (χ1v) is 8.61. The molecule has 2 aliphatic rings. The average molecular weight is 291 g/mol. The fourth-order valence-corrected chi connectivity index (χ4v) is 4.84. The molecule has 0 amide bonds. The lowest BCUT2D eigenvalue weighted by Gasteiger charge is -2.49. The van der Waals surface area contributed by atoms with Crippen molar-refractivity contribution in [1.82, 2.24) is 4.90 Å². The van der Waals surface area contributed by atoms with E-state index in [4.69, 9.17) is 5.73 Å². The number of nitrogens with zero attached hydrogens (tertiary/aromatic N) is 2. The number of guanidine groups is 1. The van der Waals surface area contributed by atoms with Gasteiger partial charge in [-0.3, -0.25) is 4.99 Å². The first-order valence-electron chi connectivity index (χ1n) is 7.73. The van der Waals surface area contributed by atoms with Crippen molar-refractivity contribution in [3.05, 3.63) is 22.4 Å². The fraction of sp³-hybridized carbons (Fsp3) is 0.688. The van der Waals surface area contributed by atoms with E-state index in [0.717, 1.165) is 19.0 Å². The van der Waals surface area contributed by atoms with Gasteiger partial charge in [-0.05, 0) is 36.1 Å². The predicted molar refractivity (Wildman–Crippen MR) is 85.9 cm³/mol. The van der Waals surface area contributed by atoms with E-state index < -0.39 is 0 Å². The molecule has 20 heavy (non-hydrogen) atoms. The van der Waals surface area contributed by atoms with E-state index in [9.17, 15) is 0 Å². The van der Waals surface area contributed by atoms with Crippen LogP contribution >= 0.6 is 11.3 Å². The molecule has 0 aromatic carbocycles. The molecule has 1 aromatic heterocycles.